The molecule has 2 aromatic carbocycles. The van der Waals surface area contributed by atoms with Gasteiger partial charge in [-0.3, -0.25) is 19.2 Å². The number of amides is 4. The predicted octanol–water partition coefficient (Wildman–Crippen LogP) is 1.85. The zero-order valence-corrected chi connectivity index (χ0v) is 27.8. The molecule has 1 heterocycles. The fraction of sp³-hybridized carbons (Fsp3) is 0.556. The smallest absolute Gasteiger partial charge is 0.244 e. The highest BCUT2D eigenvalue weighted by molar-refractivity contribution is 5.98. The van der Waals surface area contributed by atoms with Gasteiger partial charge in [-0.1, -0.05) is 80.9 Å². The Hall–Kier alpha value is -3.80. The first-order valence-electron chi connectivity index (χ1n) is 16.9. The van der Waals surface area contributed by atoms with E-state index in [1.807, 2.05) is 62.4 Å². The molecule has 11 heteroatoms. The Kier molecular flexibility index (Phi) is 13.3. The molecular formula is C36H52N6O5. The largest absolute Gasteiger partial charge is 0.378 e. The third-order valence-corrected chi connectivity index (χ3v) is 9.16. The Morgan fingerprint density at radius 2 is 1.64 bits per heavy atom. The van der Waals surface area contributed by atoms with Crippen LogP contribution < -0.4 is 27.4 Å². The van der Waals surface area contributed by atoms with Crippen LogP contribution in [-0.2, 0) is 30.3 Å². The van der Waals surface area contributed by atoms with Crippen molar-refractivity contribution in [3.63, 3.8) is 0 Å². The van der Waals surface area contributed by atoms with Gasteiger partial charge in [0.15, 0.2) is 0 Å². The maximum Gasteiger partial charge on any atom is 0.244 e. The number of nitrogens with two attached hydrogens (primary N) is 2. The molecule has 5 atom stereocenters. The molecule has 1 aliphatic carbocycles. The monoisotopic (exact) mass is 648 g/mol. The highest BCUT2D eigenvalue weighted by atomic mass is 16.5. The van der Waals surface area contributed by atoms with Gasteiger partial charge in [-0.15, -0.1) is 0 Å². The molecule has 0 bridgehead atoms. The maximum absolute atomic E-state index is 14.3. The quantitative estimate of drug-likeness (QED) is 0.154. The second-order valence-electron chi connectivity index (χ2n) is 13.2. The van der Waals surface area contributed by atoms with E-state index in [0.29, 0.717) is 58.0 Å². The minimum absolute atomic E-state index is 0.0384. The molecule has 256 valence electrons. The van der Waals surface area contributed by atoms with Gasteiger partial charge in [-0.05, 0) is 49.3 Å². The third-order valence-electron chi connectivity index (χ3n) is 9.16. The third kappa shape index (κ3) is 10.1. The van der Waals surface area contributed by atoms with E-state index in [0.717, 1.165) is 12.0 Å². The van der Waals surface area contributed by atoms with Gasteiger partial charge in [0.05, 0.1) is 25.7 Å². The molecule has 47 heavy (non-hydrogen) atoms. The minimum atomic E-state index is -1.68. The summed E-state index contributed by atoms with van der Waals surface area (Å²) in [6.07, 6.45) is 2.86. The van der Waals surface area contributed by atoms with Crippen molar-refractivity contribution < 1.29 is 23.9 Å². The molecule has 1 unspecified atom stereocenters. The maximum atomic E-state index is 14.3. The molecule has 0 aromatic heterocycles. The van der Waals surface area contributed by atoms with Crippen LogP contribution in [0.5, 0.6) is 0 Å². The molecule has 4 rings (SSSR count). The number of nitrogens with one attached hydrogen (secondary N) is 3. The Labute approximate surface area is 278 Å². The van der Waals surface area contributed by atoms with Crippen LogP contribution in [0.25, 0.3) is 0 Å². The van der Waals surface area contributed by atoms with Crippen LogP contribution in [0, 0.1) is 11.8 Å². The summed E-state index contributed by atoms with van der Waals surface area (Å²) in [5.74, 6) is -2.55. The fourth-order valence-electron chi connectivity index (χ4n) is 6.66. The average molecular weight is 649 g/mol. The molecule has 2 aliphatic rings. The second kappa shape index (κ2) is 17.4. The van der Waals surface area contributed by atoms with E-state index in [1.165, 1.54) is 5.56 Å². The van der Waals surface area contributed by atoms with E-state index in [9.17, 15) is 19.2 Å². The lowest BCUT2D eigenvalue weighted by Crippen LogP contribution is -2.68. The molecule has 1 saturated heterocycles. The summed E-state index contributed by atoms with van der Waals surface area (Å²) in [6.45, 7) is 5.90. The van der Waals surface area contributed by atoms with Crippen molar-refractivity contribution in [3.05, 3.63) is 71.8 Å². The van der Waals surface area contributed by atoms with E-state index < -0.39 is 29.3 Å². The Bertz CT molecular complexity index is 1320. The number of hydrogen-bond donors (Lipinski definition) is 5. The highest BCUT2D eigenvalue weighted by Crippen LogP contribution is 2.40. The Morgan fingerprint density at radius 3 is 2.26 bits per heavy atom. The van der Waals surface area contributed by atoms with Crippen LogP contribution in [0.15, 0.2) is 60.7 Å². The zero-order chi connectivity index (χ0) is 33.8. The molecule has 2 fully saturated rings. The van der Waals surface area contributed by atoms with Crippen molar-refractivity contribution in [2.75, 3.05) is 39.4 Å². The summed E-state index contributed by atoms with van der Waals surface area (Å²) in [5.41, 5.74) is 12.4. The SMILES string of the molecule is CC(C)CC(NC(=O)[C@@H](Cc1ccccc1)NC(=O)CN[C@H]1C[C@@H]1c1ccccc1)(C(N)=O)[C@@H](CCCCN)C(=O)N1CCOCC1. The molecule has 7 N–H and O–H groups in total. The number of carbonyl (C=O) groups is 4. The van der Waals surface area contributed by atoms with E-state index >= 15 is 0 Å². The fourth-order valence-corrected chi connectivity index (χ4v) is 6.66. The van der Waals surface area contributed by atoms with Gasteiger partial charge >= 0.3 is 0 Å². The first kappa shape index (κ1) is 36.0. The van der Waals surface area contributed by atoms with E-state index in [1.54, 1.807) is 4.90 Å². The van der Waals surface area contributed by atoms with Gasteiger partial charge in [0.25, 0.3) is 0 Å². The van der Waals surface area contributed by atoms with Crippen molar-refractivity contribution >= 4 is 23.6 Å². The summed E-state index contributed by atoms with van der Waals surface area (Å²) in [4.78, 5) is 57.0. The molecule has 0 spiro atoms. The van der Waals surface area contributed by atoms with Crippen LogP contribution in [0.3, 0.4) is 0 Å². The number of nitrogens with zero attached hydrogens (tertiary/aromatic N) is 1. The van der Waals surface area contributed by atoms with Crippen molar-refractivity contribution in [3.8, 4) is 0 Å². The molecular weight excluding hydrogens is 596 g/mol. The summed E-state index contributed by atoms with van der Waals surface area (Å²) < 4.78 is 5.46. The van der Waals surface area contributed by atoms with E-state index in [2.05, 4.69) is 28.1 Å². The molecule has 1 aliphatic heterocycles. The lowest BCUT2D eigenvalue weighted by atomic mass is 9.73. The lowest BCUT2D eigenvalue weighted by Gasteiger charge is -2.42. The number of carbonyl (C=O) groups excluding carboxylic acids is 4. The van der Waals surface area contributed by atoms with Crippen molar-refractivity contribution in [1.29, 1.82) is 0 Å². The summed E-state index contributed by atoms with van der Waals surface area (Å²) >= 11 is 0. The van der Waals surface area contributed by atoms with Gasteiger partial charge in [-0.25, -0.2) is 0 Å². The van der Waals surface area contributed by atoms with Crippen molar-refractivity contribution in [2.45, 2.75) is 75.9 Å². The minimum Gasteiger partial charge on any atom is -0.378 e. The zero-order valence-electron chi connectivity index (χ0n) is 27.8. The number of ether oxygens (including phenoxy) is 1. The second-order valence-corrected chi connectivity index (χ2v) is 13.2. The predicted molar refractivity (Wildman–Crippen MR) is 181 cm³/mol. The van der Waals surface area contributed by atoms with Crippen molar-refractivity contribution in [1.82, 2.24) is 20.9 Å². The standard InChI is InChI=1S/C36H52N6O5/c1-25(2)23-36(35(38)46,29(15-9-10-16-37)34(45)42-17-19-47-20-18-42)41-33(44)31(21-26-11-5-3-6-12-26)40-32(43)24-39-30-22-28(30)27-13-7-4-8-14-27/h3-8,11-14,25,28-31,39H,9-10,15-24,37H2,1-2H3,(H2,38,46)(H,40,43)(H,41,44)/t28-,29+,30+,31-,36?/m1/s1. The van der Waals surface area contributed by atoms with Crippen LogP contribution in [-0.4, -0.2) is 85.5 Å². The number of hydrogen-bond acceptors (Lipinski definition) is 7. The summed E-state index contributed by atoms with van der Waals surface area (Å²) in [6, 6.07) is 18.7. The summed E-state index contributed by atoms with van der Waals surface area (Å²) in [5, 5.41) is 9.20. The van der Waals surface area contributed by atoms with Crippen LogP contribution in [0.2, 0.25) is 0 Å². The van der Waals surface area contributed by atoms with E-state index in [-0.39, 0.29) is 43.2 Å². The van der Waals surface area contributed by atoms with Gasteiger partial charge in [0.1, 0.15) is 11.6 Å². The lowest BCUT2D eigenvalue weighted by molar-refractivity contribution is -0.150. The average Bonchev–Trinajstić information content (AvgIpc) is 3.86. The molecule has 11 nitrogen and oxygen atoms in total. The van der Waals surface area contributed by atoms with E-state index in [4.69, 9.17) is 16.2 Å². The van der Waals surface area contributed by atoms with Crippen LogP contribution in [0.1, 0.15) is 63.0 Å². The molecule has 0 radical (unpaired) electrons. The summed E-state index contributed by atoms with van der Waals surface area (Å²) in [7, 11) is 0. The number of benzene rings is 2. The molecule has 4 amide bonds. The molecule has 1 saturated carbocycles. The normalized spacial score (nSPS) is 20.1. The van der Waals surface area contributed by atoms with Crippen LogP contribution in [0.4, 0.5) is 0 Å². The number of morpholine rings is 1. The number of rotatable bonds is 18. The van der Waals surface area contributed by atoms with Crippen molar-refractivity contribution in [2.24, 2.45) is 23.3 Å². The highest BCUT2D eigenvalue weighted by Gasteiger charge is 2.51. The Balaban J connectivity index is 1.56. The first-order valence-corrected chi connectivity index (χ1v) is 16.9. The topological polar surface area (TPSA) is 169 Å². The first-order chi connectivity index (χ1) is 22.6. The number of unbranched alkanes of at least 4 members (excludes halogenated alkanes) is 1. The van der Waals surface area contributed by atoms with Gasteiger partial charge in [0.2, 0.25) is 23.6 Å². The van der Waals surface area contributed by atoms with Gasteiger partial charge in [0, 0.05) is 31.5 Å². The van der Waals surface area contributed by atoms with Crippen LogP contribution >= 0.6 is 0 Å². The van der Waals surface area contributed by atoms with Gasteiger partial charge in [-0.2, -0.15) is 0 Å². The van der Waals surface area contributed by atoms with Gasteiger partial charge < -0.3 is 37.1 Å². The number of primary amides is 1. The molecule has 2 aromatic rings. The Morgan fingerprint density at radius 1 is 0.979 bits per heavy atom.